The predicted octanol–water partition coefficient (Wildman–Crippen LogP) is 1.69. The lowest BCUT2D eigenvalue weighted by molar-refractivity contribution is -0.0717. The third kappa shape index (κ3) is 4.08. The molecule has 1 aliphatic heterocycles. The minimum atomic E-state index is 0.0415. The van der Waals surface area contributed by atoms with E-state index in [2.05, 4.69) is 25.2 Å². The lowest BCUT2D eigenvalue weighted by atomic mass is 9.88. The summed E-state index contributed by atoms with van der Waals surface area (Å²) in [4.78, 5) is 0. The largest absolute Gasteiger partial charge is 0.376 e. The zero-order valence-corrected chi connectivity index (χ0v) is 9.18. The first-order valence-corrected chi connectivity index (χ1v) is 5.36. The van der Waals surface area contributed by atoms with E-state index in [0.29, 0.717) is 12.3 Å². The molecule has 0 spiro atoms. The molecule has 0 aromatic rings. The van der Waals surface area contributed by atoms with Crippen LogP contribution in [-0.2, 0) is 4.74 Å². The number of ether oxygens (including phenoxy) is 1. The van der Waals surface area contributed by atoms with Crippen molar-refractivity contribution in [3.8, 4) is 6.07 Å². The van der Waals surface area contributed by atoms with Crippen LogP contribution in [0.15, 0.2) is 0 Å². The average molecular weight is 196 g/mol. The van der Waals surface area contributed by atoms with E-state index in [0.717, 1.165) is 32.5 Å². The van der Waals surface area contributed by atoms with Gasteiger partial charge in [-0.2, -0.15) is 5.26 Å². The van der Waals surface area contributed by atoms with Crippen LogP contribution < -0.4 is 5.32 Å². The molecule has 3 heteroatoms. The summed E-state index contributed by atoms with van der Waals surface area (Å²) in [5.41, 5.74) is 0.0415. The van der Waals surface area contributed by atoms with Crippen molar-refractivity contribution >= 4 is 0 Å². The normalized spacial score (nSPS) is 25.6. The Hall–Kier alpha value is -0.590. The van der Waals surface area contributed by atoms with Gasteiger partial charge in [0.2, 0.25) is 0 Å². The van der Waals surface area contributed by atoms with Crippen LogP contribution in [0.25, 0.3) is 0 Å². The van der Waals surface area contributed by atoms with E-state index in [1.807, 2.05) is 0 Å². The summed E-state index contributed by atoms with van der Waals surface area (Å²) in [5, 5.41) is 11.7. The third-order valence-electron chi connectivity index (χ3n) is 2.65. The Labute approximate surface area is 86.4 Å². The Kier molecular flexibility index (Phi) is 4.37. The van der Waals surface area contributed by atoms with E-state index in [4.69, 9.17) is 10.00 Å². The molecule has 1 aliphatic rings. The quantitative estimate of drug-likeness (QED) is 0.696. The van der Waals surface area contributed by atoms with Crippen molar-refractivity contribution in [1.82, 2.24) is 5.32 Å². The average Bonchev–Trinajstić information content (AvgIpc) is 2.11. The summed E-state index contributed by atoms with van der Waals surface area (Å²) in [6.07, 6.45) is 2.86. The highest BCUT2D eigenvalue weighted by atomic mass is 16.5. The maximum absolute atomic E-state index is 8.38. The van der Waals surface area contributed by atoms with Gasteiger partial charge in [0.15, 0.2) is 0 Å². The van der Waals surface area contributed by atoms with Crippen molar-refractivity contribution in [2.24, 2.45) is 5.92 Å². The number of hydrogen-bond acceptors (Lipinski definition) is 3. The van der Waals surface area contributed by atoms with Gasteiger partial charge in [-0.25, -0.2) is 0 Å². The van der Waals surface area contributed by atoms with Crippen LogP contribution in [0.4, 0.5) is 0 Å². The molecule has 80 valence electrons. The number of rotatable bonds is 4. The maximum Gasteiger partial charge on any atom is 0.0635 e. The highest BCUT2D eigenvalue weighted by Crippen LogP contribution is 2.27. The number of nitriles is 1. The fraction of sp³-hybridized carbons (Fsp3) is 0.909. The monoisotopic (exact) mass is 196 g/mol. The summed E-state index contributed by atoms with van der Waals surface area (Å²) in [5.74, 6) is 0.706. The van der Waals surface area contributed by atoms with Crippen LogP contribution in [0.5, 0.6) is 0 Å². The molecule has 1 saturated heterocycles. The predicted molar refractivity (Wildman–Crippen MR) is 55.9 cm³/mol. The fourth-order valence-electron chi connectivity index (χ4n) is 1.98. The van der Waals surface area contributed by atoms with Gasteiger partial charge in [0.05, 0.1) is 11.7 Å². The topological polar surface area (TPSA) is 45.0 Å². The van der Waals surface area contributed by atoms with Crippen LogP contribution >= 0.6 is 0 Å². The second-order valence-electron chi connectivity index (χ2n) is 4.58. The molecule has 0 radical (unpaired) electrons. The smallest absolute Gasteiger partial charge is 0.0635 e. The minimum absolute atomic E-state index is 0.0415. The molecular weight excluding hydrogens is 176 g/mol. The Morgan fingerprint density at radius 2 is 2.36 bits per heavy atom. The van der Waals surface area contributed by atoms with Gasteiger partial charge in [-0.15, -0.1) is 0 Å². The first-order chi connectivity index (χ1) is 6.64. The van der Waals surface area contributed by atoms with Gasteiger partial charge < -0.3 is 10.1 Å². The highest BCUT2D eigenvalue weighted by Gasteiger charge is 2.28. The van der Waals surface area contributed by atoms with Crippen LogP contribution in [-0.4, -0.2) is 25.3 Å². The fourth-order valence-corrected chi connectivity index (χ4v) is 1.98. The molecule has 1 atom stereocenters. The zero-order chi connectivity index (χ0) is 10.4. The van der Waals surface area contributed by atoms with Crippen molar-refractivity contribution in [3.05, 3.63) is 0 Å². The lowest BCUT2D eigenvalue weighted by Gasteiger charge is -2.35. The van der Waals surface area contributed by atoms with Crippen LogP contribution in [0.1, 0.15) is 33.1 Å². The van der Waals surface area contributed by atoms with Crippen molar-refractivity contribution in [2.75, 3.05) is 19.7 Å². The first-order valence-electron chi connectivity index (χ1n) is 5.36. The van der Waals surface area contributed by atoms with E-state index in [-0.39, 0.29) is 5.60 Å². The Bertz CT molecular complexity index is 208. The summed E-state index contributed by atoms with van der Waals surface area (Å²) >= 11 is 0. The Morgan fingerprint density at radius 1 is 1.57 bits per heavy atom. The van der Waals surface area contributed by atoms with Crippen LogP contribution in [0, 0.1) is 17.2 Å². The van der Waals surface area contributed by atoms with Gasteiger partial charge in [-0.3, -0.25) is 0 Å². The van der Waals surface area contributed by atoms with Gasteiger partial charge >= 0.3 is 0 Å². The maximum atomic E-state index is 8.38. The molecule has 3 nitrogen and oxygen atoms in total. The second kappa shape index (κ2) is 5.33. The van der Waals surface area contributed by atoms with E-state index in [1.165, 1.54) is 0 Å². The second-order valence-corrected chi connectivity index (χ2v) is 4.58. The molecule has 1 N–H and O–H groups in total. The van der Waals surface area contributed by atoms with Crippen LogP contribution in [0.2, 0.25) is 0 Å². The molecule has 1 fully saturated rings. The number of nitrogens with one attached hydrogen (secondary N) is 1. The molecular formula is C11H20N2O. The summed E-state index contributed by atoms with van der Waals surface area (Å²) in [7, 11) is 0. The molecule has 0 aromatic heterocycles. The molecule has 1 rings (SSSR count). The van der Waals surface area contributed by atoms with E-state index >= 15 is 0 Å². The van der Waals surface area contributed by atoms with Crippen molar-refractivity contribution < 1.29 is 4.74 Å². The number of nitrogens with zero attached hydrogens (tertiary/aromatic N) is 1. The molecule has 1 unspecified atom stereocenters. The minimum Gasteiger partial charge on any atom is -0.376 e. The van der Waals surface area contributed by atoms with E-state index in [9.17, 15) is 0 Å². The van der Waals surface area contributed by atoms with Crippen molar-refractivity contribution in [1.29, 1.82) is 5.26 Å². The molecule has 1 heterocycles. The molecule has 0 bridgehead atoms. The van der Waals surface area contributed by atoms with Gasteiger partial charge in [0.1, 0.15) is 0 Å². The summed E-state index contributed by atoms with van der Waals surface area (Å²) < 4.78 is 5.64. The van der Waals surface area contributed by atoms with Gasteiger partial charge in [-0.05, 0) is 39.2 Å². The van der Waals surface area contributed by atoms with E-state index in [1.54, 1.807) is 0 Å². The molecule has 0 saturated carbocycles. The van der Waals surface area contributed by atoms with Gasteiger partial charge in [0, 0.05) is 19.6 Å². The molecule has 0 aliphatic carbocycles. The highest BCUT2D eigenvalue weighted by molar-refractivity contribution is 4.80. The third-order valence-corrected chi connectivity index (χ3v) is 2.65. The van der Waals surface area contributed by atoms with E-state index < -0.39 is 0 Å². The van der Waals surface area contributed by atoms with Gasteiger partial charge in [-0.1, -0.05) is 0 Å². The molecule has 0 amide bonds. The Balaban J connectivity index is 2.15. The molecule has 14 heavy (non-hydrogen) atoms. The molecule has 0 aromatic carbocycles. The lowest BCUT2D eigenvalue weighted by Crippen LogP contribution is -2.38. The van der Waals surface area contributed by atoms with Crippen molar-refractivity contribution in [2.45, 2.75) is 38.7 Å². The van der Waals surface area contributed by atoms with Crippen LogP contribution in [0.3, 0.4) is 0 Å². The first kappa shape index (κ1) is 11.5. The standard InChI is InChI=1S/C11H20N2O/c1-11(2)8-10(4-7-14-11)9-13-6-3-5-12/h10,13H,3-4,6-9H2,1-2H3. The number of hydrogen-bond donors (Lipinski definition) is 1. The Morgan fingerprint density at radius 3 is 3.00 bits per heavy atom. The van der Waals surface area contributed by atoms with Crippen molar-refractivity contribution in [3.63, 3.8) is 0 Å². The van der Waals surface area contributed by atoms with Gasteiger partial charge in [0.25, 0.3) is 0 Å². The summed E-state index contributed by atoms with van der Waals surface area (Å²) in [6.45, 7) is 7.00. The zero-order valence-electron chi connectivity index (χ0n) is 9.18. The summed E-state index contributed by atoms with van der Waals surface area (Å²) in [6, 6.07) is 2.13. The SMILES string of the molecule is CC1(C)CC(CNCCC#N)CCO1.